The number of rotatable bonds is 6. The van der Waals surface area contributed by atoms with Crippen molar-refractivity contribution in [3.63, 3.8) is 0 Å². The number of thiocarbonyl (C=S) groups is 1. The average Bonchev–Trinajstić information content (AvgIpc) is 3.48. The molecule has 0 amide bonds. The van der Waals surface area contributed by atoms with Crippen molar-refractivity contribution < 1.29 is 4.74 Å². The first kappa shape index (κ1) is 21.2. The lowest BCUT2D eigenvalue weighted by Gasteiger charge is -2.29. The summed E-state index contributed by atoms with van der Waals surface area (Å²) in [6.45, 7) is 2.16. The molecule has 0 unspecified atom stereocenters. The van der Waals surface area contributed by atoms with Crippen LogP contribution in [0.15, 0.2) is 91.3 Å². The maximum absolute atomic E-state index is 5.87. The van der Waals surface area contributed by atoms with Crippen molar-refractivity contribution in [2.24, 2.45) is 0 Å². The molecule has 1 N–H and O–H groups in total. The highest BCUT2D eigenvalue weighted by atomic mass is 32.1. The van der Waals surface area contributed by atoms with Gasteiger partial charge in [0.2, 0.25) is 0 Å². The molecule has 166 valence electrons. The maximum Gasteiger partial charge on any atom is 0.174 e. The van der Waals surface area contributed by atoms with E-state index < -0.39 is 0 Å². The number of methoxy groups -OCH3 is 1. The van der Waals surface area contributed by atoms with Crippen molar-refractivity contribution in [2.75, 3.05) is 12.0 Å². The topological polar surface area (TPSA) is 42.3 Å². The minimum absolute atomic E-state index is 0.0974. The molecule has 0 radical (unpaired) electrons. The largest absolute Gasteiger partial charge is 0.495 e. The van der Waals surface area contributed by atoms with Crippen molar-refractivity contribution in [2.45, 2.75) is 25.4 Å². The second-order valence-electron chi connectivity index (χ2n) is 7.99. The van der Waals surface area contributed by atoms with Crippen LogP contribution in [0.2, 0.25) is 0 Å². The lowest BCUT2D eigenvalue weighted by Crippen LogP contribution is -2.30. The molecule has 0 bridgehead atoms. The number of ether oxygens (including phenoxy) is 1. The molecule has 4 aromatic rings. The van der Waals surface area contributed by atoms with E-state index in [9.17, 15) is 0 Å². The van der Waals surface area contributed by atoms with E-state index in [1.807, 2.05) is 42.6 Å². The Kier molecular flexibility index (Phi) is 5.84. The molecule has 3 heterocycles. The average molecular weight is 455 g/mol. The number of nitrogens with zero attached hydrogens (tertiary/aromatic N) is 3. The van der Waals surface area contributed by atoms with Gasteiger partial charge in [-0.1, -0.05) is 37.3 Å². The van der Waals surface area contributed by atoms with Gasteiger partial charge in [-0.25, -0.2) is 0 Å². The van der Waals surface area contributed by atoms with Crippen LogP contribution in [0.3, 0.4) is 0 Å². The Morgan fingerprint density at radius 3 is 2.48 bits per heavy atom. The molecular formula is C27H26N4OS. The Balaban J connectivity index is 1.66. The fourth-order valence-corrected chi connectivity index (χ4v) is 4.85. The van der Waals surface area contributed by atoms with E-state index >= 15 is 0 Å². The highest BCUT2D eigenvalue weighted by Crippen LogP contribution is 2.42. The van der Waals surface area contributed by atoms with E-state index in [1.165, 1.54) is 5.56 Å². The normalized spacial score (nSPS) is 17.8. The van der Waals surface area contributed by atoms with Gasteiger partial charge in [0.25, 0.3) is 0 Å². The summed E-state index contributed by atoms with van der Waals surface area (Å²) in [6, 6.07) is 26.7. The van der Waals surface area contributed by atoms with Crippen LogP contribution in [-0.2, 0) is 6.42 Å². The lowest BCUT2D eigenvalue weighted by molar-refractivity contribution is 0.412. The zero-order valence-corrected chi connectivity index (χ0v) is 19.5. The second kappa shape index (κ2) is 9.08. The molecule has 1 aliphatic rings. The van der Waals surface area contributed by atoms with Crippen molar-refractivity contribution in [1.29, 1.82) is 0 Å². The Morgan fingerprint density at radius 2 is 1.76 bits per heavy atom. The standard InChI is InChI=1S/C27H26N4OS/c1-3-19-13-15-20(16-14-19)31-26(25(29-27(31)33)21-9-6-7-17-28-21)23-11-8-18-30(23)22-10-4-5-12-24(22)32-2/h4-18,25-26H,3H2,1-2H3,(H,29,33)/t25-,26-/m1/s1. The van der Waals surface area contributed by atoms with Gasteiger partial charge in [-0.15, -0.1) is 0 Å². The Morgan fingerprint density at radius 1 is 0.970 bits per heavy atom. The number of anilines is 1. The van der Waals surface area contributed by atoms with Crippen molar-refractivity contribution in [3.8, 4) is 11.4 Å². The minimum Gasteiger partial charge on any atom is -0.495 e. The molecule has 6 heteroatoms. The zero-order chi connectivity index (χ0) is 22.8. The van der Waals surface area contributed by atoms with Crippen molar-refractivity contribution >= 4 is 23.0 Å². The third-order valence-electron chi connectivity index (χ3n) is 6.15. The first-order chi connectivity index (χ1) is 16.2. The van der Waals surface area contributed by atoms with E-state index in [0.717, 1.165) is 34.9 Å². The number of hydrogen-bond acceptors (Lipinski definition) is 3. The monoisotopic (exact) mass is 454 g/mol. The summed E-state index contributed by atoms with van der Waals surface area (Å²) in [7, 11) is 1.70. The summed E-state index contributed by atoms with van der Waals surface area (Å²) in [6.07, 6.45) is 4.90. The van der Waals surface area contributed by atoms with Gasteiger partial charge in [0.15, 0.2) is 5.11 Å². The first-order valence-corrected chi connectivity index (χ1v) is 11.5. The quantitative estimate of drug-likeness (QED) is 0.383. The predicted octanol–water partition coefficient (Wildman–Crippen LogP) is 5.62. The number of hydrogen-bond donors (Lipinski definition) is 1. The van der Waals surface area contributed by atoms with Gasteiger partial charge < -0.3 is 19.5 Å². The van der Waals surface area contributed by atoms with Crippen LogP contribution in [-0.4, -0.2) is 21.8 Å². The van der Waals surface area contributed by atoms with Crippen LogP contribution < -0.4 is 15.0 Å². The molecule has 33 heavy (non-hydrogen) atoms. The van der Waals surface area contributed by atoms with E-state index in [1.54, 1.807) is 7.11 Å². The van der Waals surface area contributed by atoms with Crippen molar-refractivity contribution in [3.05, 3.63) is 108 Å². The SMILES string of the molecule is CCc1ccc(N2C(=S)N[C@H](c3ccccn3)[C@H]2c2cccn2-c2ccccc2OC)cc1. The van der Waals surface area contributed by atoms with Crippen LogP contribution in [0.1, 0.15) is 36.0 Å². The molecular weight excluding hydrogens is 428 g/mol. The lowest BCUT2D eigenvalue weighted by atomic mass is 10.0. The van der Waals surface area contributed by atoms with E-state index in [2.05, 4.69) is 75.4 Å². The van der Waals surface area contributed by atoms with E-state index in [0.29, 0.717) is 5.11 Å². The number of pyridine rings is 1. The molecule has 1 fully saturated rings. The maximum atomic E-state index is 5.87. The summed E-state index contributed by atoms with van der Waals surface area (Å²) in [5.74, 6) is 0.816. The highest BCUT2D eigenvalue weighted by Gasteiger charge is 2.42. The molecule has 2 aromatic heterocycles. The number of nitrogens with one attached hydrogen (secondary N) is 1. The fraction of sp³-hybridized carbons (Fsp3) is 0.185. The summed E-state index contributed by atoms with van der Waals surface area (Å²) >= 11 is 5.87. The third kappa shape index (κ3) is 3.87. The van der Waals surface area contributed by atoms with Crippen LogP contribution in [0.5, 0.6) is 5.75 Å². The van der Waals surface area contributed by atoms with Gasteiger partial charge in [0.1, 0.15) is 11.8 Å². The van der Waals surface area contributed by atoms with Crippen LogP contribution >= 0.6 is 12.2 Å². The van der Waals surface area contributed by atoms with Gasteiger partial charge in [-0.05, 0) is 72.7 Å². The van der Waals surface area contributed by atoms with Gasteiger partial charge in [0.05, 0.1) is 24.5 Å². The summed E-state index contributed by atoms with van der Waals surface area (Å²) < 4.78 is 7.85. The second-order valence-corrected chi connectivity index (χ2v) is 8.38. The highest BCUT2D eigenvalue weighted by molar-refractivity contribution is 7.80. The smallest absolute Gasteiger partial charge is 0.174 e. The molecule has 2 aromatic carbocycles. The molecule has 1 aliphatic heterocycles. The number of para-hydroxylation sites is 2. The Bertz CT molecular complexity index is 1250. The Hall–Kier alpha value is -3.64. The minimum atomic E-state index is -0.104. The molecule has 0 aliphatic carbocycles. The zero-order valence-electron chi connectivity index (χ0n) is 18.7. The van der Waals surface area contributed by atoms with Gasteiger partial charge in [-0.3, -0.25) is 4.98 Å². The number of benzene rings is 2. The van der Waals surface area contributed by atoms with Crippen molar-refractivity contribution in [1.82, 2.24) is 14.9 Å². The van der Waals surface area contributed by atoms with Crippen LogP contribution in [0.25, 0.3) is 5.69 Å². The summed E-state index contributed by atoms with van der Waals surface area (Å²) in [5.41, 5.74) is 5.39. The van der Waals surface area contributed by atoms with E-state index in [4.69, 9.17) is 17.0 Å². The molecule has 5 nitrogen and oxygen atoms in total. The van der Waals surface area contributed by atoms with Gasteiger partial charge >= 0.3 is 0 Å². The van der Waals surface area contributed by atoms with Gasteiger partial charge in [0, 0.05) is 23.8 Å². The molecule has 1 saturated heterocycles. The number of aromatic nitrogens is 2. The fourth-order valence-electron chi connectivity index (χ4n) is 4.51. The first-order valence-electron chi connectivity index (χ1n) is 11.1. The number of aryl methyl sites for hydroxylation is 1. The van der Waals surface area contributed by atoms with Crippen LogP contribution in [0.4, 0.5) is 5.69 Å². The molecule has 5 rings (SSSR count). The molecule has 0 saturated carbocycles. The summed E-state index contributed by atoms with van der Waals surface area (Å²) in [5, 5.41) is 4.23. The third-order valence-corrected chi connectivity index (χ3v) is 6.46. The van der Waals surface area contributed by atoms with Crippen LogP contribution in [0, 0.1) is 0 Å². The summed E-state index contributed by atoms with van der Waals surface area (Å²) in [4.78, 5) is 6.87. The predicted molar refractivity (Wildman–Crippen MR) is 136 cm³/mol. The molecule has 0 spiro atoms. The van der Waals surface area contributed by atoms with Gasteiger partial charge in [-0.2, -0.15) is 0 Å². The Labute approximate surface area is 199 Å². The van der Waals surface area contributed by atoms with E-state index in [-0.39, 0.29) is 12.1 Å². The molecule has 2 atom stereocenters.